The number of carbonyl (C=O) groups excluding carboxylic acids is 1. The summed E-state index contributed by atoms with van der Waals surface area (Å²) < 4.78 is 0. The van der Waals surface area contributed by atoms with E-state index in [0.29, 0.717) is 11.6 Å². The minimum Gasteiger partial charge on any atom is -0.365 e. The lowest BCUT2D eigenvalue weighted by atomic mass is 10.2. The first-order chi connectivity index (χ1) is 10.6. The minimum atomic E-state index is -0.596. The van der Waals surface area contributed by atoms with Crippen molar-refractivity contribution in [3.05, 3.63) is 41.9 Å². The number of benzene rings is 1. The average molecular weight is 298 g/mol. The van der Waals surface area contributed by atoms with Gasteiger partial charge in [-0.05, 0) is 13.0 Å². The van der Waals surface area contributed by atoms with Crippen molar-refractivity contribution in [2.24, 2.45) is 10.8 Å². The summed E-state index contributed by atoms with van der Waals surface area (Å²) in [6.45, 7) is 1.73. The predicted molar refractivity (Wildman–Crippen MR) is 83.9 cm³/mol. The number of aromatic nitrogens is 2. The summed E-state index contributed by atoms with van der Waals surface area (Å²) in [5.41, 5.74) is 8.75. The van der Waals surface area contributed by atoms with E-state index in [1.54, 1.807) is 12.3 Å². The maximum atomic E-state index is 11.4. The van der Waals surface area contributed by atoms with E-state index in [4.69, 9.17) is 11.1 Å². The van der Waals surface area contributed by atoms with E-state index in [1.165, 1.54) is 12.4 Å². The summed E-state index contributed by atoms with van der Waals surface area (Å²) in [7, 11) is 0. The van der Waals surface area contributed by atoms with E-state index in [-0.39, 0.29) is 5.56 Å². The second-order valence-corrected chi connectivity index (χ2v) is 4.39. The van der Waals surface area contributed by atoms with Crippen LogP contribution in [-0.2, 0) is 0 Å². The van der Waals surface area contributed by atoms with Crippen LogP contribution in [0.25, 0.3) is 0 Å². The van der Waals surface area contributed by atoms with Gasteiger partial charge >= 0.3 is 0 Å². The molecule has 0 radical (unpaired) electrons. The van der Waals surface area contributed by atoms with E-state index in [1.807, 2.05) is 24.3 Å². The highest BCUT2D eigenvalue weighted by Gasteiger charge is 2.11. The molecule has 1 amide bonds. The standard InChI is InChI=1S/C14H15N7O/c1-9-17-8-12(13(16)22)14(19-9)20-10-3-2-4-11(7-10)21-18-6-5-15/h2-8,15,21H,1H3,(H2,16,22)(H,17,19,20)/p+1/b15-5?,18-6-. The summed E-state index contributed by atoms with van der Waals surface area (Å²) in [6, 6.07) is 7.38. The van der Waals surface area contributed by atoms with Crippen molar-refractivity contribution in [3.8, 4) is 0 Å². The number of amides is 1. The number of anilines is 2. The smallest absolute Gasteiger partial charge is 0.254 e. The lowest BCUT2D eigenvalue weighted by Gasteiger charge is -2.09. The van der Waals surface area contributed by atoms with Crippen molar-refractivity contribution in [2.45, 2.75) is 6.92 Å². The molecular weight excluding hydrogens is 282 g/mol. The minimum absolute atomic E-state index is 0.224. The Bertz CT molecular complexity index is 727. The number of hydrogen-bond acceptors (Lipinski definition) is 6. The van der Waals surface area contributed by atoms with Gasteiger partial charge in [0.2, 0.25) is 0 Å². The lowest BCUT2D eigenvalue weighted by molar-refractivity contribution is -0.576. The van der Waals surface area contributed by atoms with Gasteiger partial charge in [0.1, 0.15) is 23.4 Å². The van der Waals surface area contributed by atoms with Gasteiger partial charge in [-0.1, -0.05) is 11.2 Å². The van der Waals surface area contributed by atoms with Crippen LogP contribution in [0.2, 0.25) is 0 Å². The topological polar surface area (TPSA) is 134 Å². The molecule has 0 bridgehead atoms. The Labute approximate surface area is 127 Å². The second-order valence-electron chi connectivity index (χ2n) is 4.39. The Morgan fingerprint density at radius 1 is 1.50 bits per heavy atom. The molecule has 1 aromatic heterocycles. The molecule has 6 N–H and O–H groups in total. The number of carbonyl (C=O) groups is 1. The highest BCUT2D eigenvalue weighted by Crippen LogP contribution is 2.19. The third kappa shape index (κ3) is 3.93. The van der Waals surface area contributed by atoms with E-state index >= 15 is 0 Å². The van der Waals surface area contributed by atoms with Crippen LogP contribution >= 0.6 is 0 Å². The molecule has 0 saturated carbocycles. The maximum absolute atomic E-state index is 11.4. The van der Waals surface area contributed by atoms with Crippen LogP contribution in [0, 0.1) is 12.3 Å². The zero-order valence-corrected chi connectivity index (χ0v) is 11.9. The van der Waals surface area contributed by atoms with Gasteiger partial charge in [0.15, 0.2) is 5.69 Å². The molecule has 112 valence electrons. The van der Waals surface area contributed by atoms with Gasteiger partial charge in [-0.2, -0.15) is 5.43 Å². The van der Waals surface area contributed by atoms with Crippen molar-refractivity contribution in [1.82, 2.24) is 9.97 Å². The normalized spacial score (nSPS) is 10.6. The van der Waals surface area contributed by atoms with Crippen molar-refractivity contribution in [3.63, 3.8) is 0 Å². The Morgan fingerprint density at radius 2 is 2.32 bits per heavy atom. The molecule has 0 atom stereocenters. The zero-order valence-electron chi connectivity index (χ0n) is 11.9. The molecule has 0 fully saturated rings. The molecule has 0 saturated heterocycles. The largest absolute Gasteiger partial charge is 0.365 e. The van der Waals surface area contributed by atoms with Crippen LogP contribution in [0.15, 0.2) is 35.6 Å². The number of hydrogen-bond donors (Lipinski definition) is 4. The fourth-order valence-corrected chi connectivity index (χ4v) is 1.75. The van der Waals surface area contributed by atoms with Crippen LogP contribution < -0.4 is 16.5 Å². The fraction of sp³-hybridized carbons (Fsp3) is 0.0714. The van der Waals surface area contributed by atoms with Gasteiger partial charge in [0.05, 0.1) is 0 Å². The molecule has 1 heterocycles. The van der Waals surface area contributed by atoms with Gasteiger partial charge in [-0.15, -0.1) is 0 Å². The summed E-state index contributed by atoms with van der Waals surface area (Å²) in [5.74, 6) is 0.298. The Morgan fingerprint density at radius 3 is 3.05 bits per heavy atom. The lowest BCUT2D eigenvalue weighted by Crippen LogP contribution is -2.71. The Kier molecular flexibility index (Phi) is 4.89. The third-order valence-corrected chi connectivity index (χ3v) is 2.71. The van der Waals surface area contributed by atoms with Crippen LogP contribution in [0.1, 0.15) is 16.2 Å². The summed E-state index contributed by atoms with van der Waals surface area (Å²) in [4.78, 5) is 19.6. The second kappa shape index (κ2) is 7.04. The molecule has 2 rings (SSSR count). The molecule has 8 nitrogen and oxygen atoms in total. The van der Waals surface area contributed by atoms with E-state index < -0.39 is 5.91 Å². The van der Waals surface area contributed by atoms with E-state index in [9.17, 15) is 4.79 Å². The van der Waals surface area contributed by atoms with Crippen LogP contribution in [-0.4, -0.2) is 28.3 Å². The highest BCUT2D eigenvalue weighted by atomic mass is 16.1. The molecule has 0 aliphatic heterocycles. The van der Waals surface area contributed by atoms with Crippen molar-refractivity contribution < 1.29 is 10.2 Å². The third-order valence-electron chi connectivity index (χ3n) is 2.71. The number of primary amides is 1. The Balaban J connectivity index is 2.25. The SMILES string of the molecule is Cc1ncc(C(N)=O)c(Nc2cccc([NH2+]/N=C\C=N)c2)n1. The molecule has 1 aromatic carbocycles. The number of nitrogens with one attached hydrogen (secondary N) is 2. The number of nitrogens with two attached hydrogens (primary N) is 2. The zero-order chi connectivity index (χ0) is 15.9. The molecular formula is C14H16N7O+. The van der Waals surface area contributed by atoms with E-state index in [2.05, 4.69) is 20.4 Å². The molecule has 0 aliphatic carbocycles. The molecule has 0 aliphatic rings. The predicted octanol–water partition coefficient (Wildman–Crippen LogP) is 0.458. The monoisotopic (exact) mass is 298 g/mol. The number of aryl methyl sites for hydroxylation is 1. The summed E-state index contributed by atoms with van der Waals surface area (Å²) in [5, 5.41) is 13.9. The fourth-order valence-electron chi connectivity index (χ4n) is 1.75. The average Bonchev–Trinajstić information content (AvgIpc) is 2.48. The quantitative estimate of drug-likeness (QED) is 0.267. The maximum Gasteiger partial charge on any atom is 0.254 e. The van der Waals surface area contributed by atoms with Crippen molar-refractivity contribution in [1.29, 1.82) is 5.41 Å². The van der Waals surface area contributed by atoms with E-state index in [0.717, 1.165) is 17.6 Å². The van der Waals surface area contributed by atoms with Crippen LogP contribution in [0.4, 0.5) is 17.2 Å². The van der Waals surface area contributed by atoms with Gasteiger partial charge in [-0.3, -0.25) is 4.79 Å². The van der Waals surface area contributed by atoms with Gasteiger partial charge < -0.3 is 16.5 Å². The van der Waals surface area contributed by atoms with Gasteiger partial charge in [-0.25, -0.2) is 9.97 Å². The number of nitrogens with zero attached hydrogens (tertiary/aromatic N) is 3. The number of quaternary nitrogens is 1. The van der Waals surface area contributed by atoms with Crippen molar-refractivity contribution in [2.75, 3.05) is 5.32 Å². The Hall–Kier alpha value is -3.13. The van der Waals surface area contributed by atoms with Gasteiger partial charge in [0, 0.05) is 30.2 Å². The number of rotatable bonds is 6. The van der Waals surface area contributed by atoms with Crippen molar-refractivity contribution >= 4 is 35.5 Å². The van der Waals surface area contributed by atoms with Crippen LogP contribution in [0.3, 0.4) is 0 Å². The molecule has 0 spiro atoms. The summed E-state index contributed by atoms with van der Waals surface area (Å²) >= 11 is 0. The first-order valence-corrected chi connectivity index (χ1v) is 6.46. The first kappa shape index (κ1) is 15.3. The molecule has 0 unspecified atom stereocenters. The summed E-state index contributed by atoms with van der Waals surface area (Å²) in [6.07, 6.45) is 3.87. The highest BCUT2D eigenvalue weighted by molar-refractivity contribution is 6.14. The van der Waals surface area contributed by atoms with Gasteiger partial charge in [0.25, 0.3) is 5.91 Å². The molecule has 22 heavy (non-hydrogen) atoms. The molecule has 2 aromatic rings. The van der Waals surface area contributed by atoms with Crippen LogP contribution in [0.5, 0.6) is 0 Å². The first-order valence-electron chi connectivity index (χ1n) is 6.46. The molecule has 8 heteroatoms.